The number of hydrogen-bond donors (Lipinski definition) is 0. The molecule has 3 rings (SSSR count). The van der Waals surface area contributed by atoms with Crippen molar-refractivity contribution in [1.82, 2.24) is 4.90 Å². The first-order chi connectivity index (χ1) is 13.0. The third kappa shape index (κ3) is 5.14. The van der Waals surface area contributed by atoms with Gasteiger partial charge in [-0.1, -0.05) is 29.8 Å². The molecule has 140 valence electrons. The quantitative estimate of drug-likeness (QED) is 0.536. The fourth-order valence-electron chi connectivity index (χ4n) is 2.75. The predicted molar refractivity (Wildman–Crippen MR) is 106 cm³/mol. The highest BCUT2D eigenvalue weighted by Crippen LogP contribution is 2.21. The fraction of sp³-hybridized carbons (Fsp3) is 0.227. The van der Waals surface area contributed by atoms with Crippen LogP contribution in [0.1, 0.15) is 35.5 Å². The van der Waals surface area contributed by atoms with Crippen LogP contribution in [0.3, 0.4) is 0 Å². The first-order valence-electron chi connectivity index (χ1n) is 8.84. The molecule has 2 aromatic carbocycles. The molecular formula is C22H22ClNO3. The average Bonchev–Trinajstić information content (AvgIpc) is 3.16. The summed E-state index contributed by atoms with van der Waals surface area (Å²) in [5.41, 5.74) is 1.48. The molecule has 0 fully saturated rings. The minimum absolute atomic E-state index is 0.0854. The van der Waals surface area contributed by atoms with Crippen LogP contribution in [-0.4, -0.2) is 16.9 Å². The van der Waals surface area contributed by atoms with Crippen LogP contribution in [0.15, 0.2) is 71.3 Å². The Bertz CT molecular complexity index is 873. The number of halogens is 1. The SMILES string of the molecule is CC(C)Oc1ccc(C(=O)N(Cc2ccco2)Cc2ccccc2Cl)cc1. The maximum absolute atomic E-state index is 13.1. The van der Waals surface area contributed by atoms with Gasteiger partial charge in [-0.05, 0) is 61.9 Å². The van der Waals surface area contributed by atoms with Crippen LogP contribution in [0.4, 0.5) is 0 Å². The number of nitrogens with zero attached hydrogens (tertiary/aromatic N) is 1. The molecule has 0 aliphatic rings. The number of hydrogen-bond acceptors (Lipinski definition) is 3. The van der Waals surface area contributed by atoms with Gasteiger partial charge in [0.15, 0.2) is 0 Å². The van der Waals surface area contributed by atoms with Gasteiger partial charge in [-0.3, -0.25) is 4.79 Å². The molecule has 0 unspecified atom stereocenters. The van der Waals surface area contributed by atoms with Crippen molar-refractivity contribution in [3.63, 3.8) is 0 Å². The molecule has 0 saturated heterocycles. The van der Waals surface area contributed by atoms with Gasteiger partial charge in [0.25, 0.3) is 5.91 Å². The van der Waals surface area contributed by atoms with E-state index >= 15 is 0 Å². The van der Waals surface area contributed by atoms with E-state index < -0.39 is 0 Å². The maximum Gasteiger partial charge on any atom is 0.254 e. The number of rotatable bonds is 7. The normalized spacial score (nSPS) is 10.8. The van der Waals surface area contributed by atoms with Gasteiger partial charge < -0.3 is 14.1 Å². The summed E-state index contributed by atoms with van der Waals surface area (Å²) in [6.07, 6.45) is 1.69. The molecule has 0 spiro atoms. The number of carbonyl (C=O) groups is 1. The van der Waals surface area contributed by atoms with E-state index in [-0.39, 0.29) is 12.0 Å². The summed E-state index contributed by atoms with van der Waals surface area (Å²) in [6.45, 7) is 4.69. The molecule has 5 heteroatoms. The highest BCUT2D eigenvalue weighted by molar-refractivity contribution is 6.31. The van der Waals surface area contributed by atoms with E-state index in [0.29, 0.717) is 23.7 Å². The largest absolute Gasteiger partial charge is 0.491 e. The molecule has 0 radical (unpaired) electrons. The lowest BCUT2D eigenvalue weighted by atomic mass is 10.1. The summed E-state index contributed by atoms with van der Waals surface area (Å²) in [5.74, 6) is 1.36. The summed E-state index contributed by atoms with van der Waals surface area (Å²) in [6, 6.07) is 18.4. The highest BCUT2D eigenvalue weighted by Gasteiger charge is 2.19. The van der Waals surface area contributed by atoms with Crippen molar-refractivity contribution in [1.29, 1.82) is 0 Å². The minimum atomic E-state index is -0.0950. The fourth-order valence-corrected chi connectivity index (χ4v) is 2.95. The number of ether oxygens (including phenoxy) is 1. The number of benzene rings is 2. The Kier molecular flexibility index (Phi) is 6.20. The Labute approximate surface area is 164 Å². The molecule has 0 aliphatic carbocycles. The Morgan fingerprint density at radius 2 is 1.78 bits per heavy atom. The van der Waals surface area contributed by atoms with Gasteiger partial charge in [-0.15, -0.1) is 0 Å². The molecule has 1 aromatic heterocycles. The van der Waals surface area contributed by atoms with E-state index in [1.54, 1.807) is 23.3 Å². The lowest BCUT2D eigenvalue weighted by molar-refractivity contribution is 0.0717. The second kappa shape index (κ2) is 8.78. The third-order valence-electron chi connectivity index (χ3n) is 4.01. The summed E-state index contributed by atoms with van der Waals surface area (Å²) < 4.78 is 11.1. The van der Waals surface area contributed by atoms with Crippen molar-refractivity contribution in [2.24, 2.45) is 0 Å². The van der Waals surface area contributed by atoms with Crippen LogP contribution >= 0.6 is 11.6 Å². The van der Waals surface area contributed by atoms with E-state index in [9.17, 15) is 4.79 Å². The smallest absolute Gasteiger partial charge is 0.254 e. The van der Waals surface area contributed by atoms with Gasteiger partial charge in [0, 0.05) is 17.1 Å². The zero-order chi connectivity index (χ0) is 19.2. The third-order valence-corrected chi connectivity index (χ3v) is 4.37. The van der Waals surface area contributed by atoms with E-state index in [1.165, 1.54) is 0 Å². The van der Waals surface area contributed by atoms with Gasteiger partial charge in [-0.2, -0.15) is 0 Å². The molecule has 0 bridgehead atoms. The van der Waals surface area contributed by atoms with Crippen molar-refractivity contribution < 1.29 is 13.9 Å². The van der Waals surface area contributed by atoms with Crippen LogP contribution in [0, 0.1) is 0 Å². The topological polar surface area (TPSA) is 42.7 Å². The molecule has 1 heterocycles. The summed E-state index contributed by atoms with van der Waals surface area (Å²) in [7, 11) is 0. The van der Waals surface area contributed by atoms with Crippen molar-refractivity contribution in [2.75, 3.05) is 0 Å². The first-order valence-corrected chi connectivity index (χ1v) is 9.22. The molecule has 0 aliphatic heterocycles. The van der Waals surface area contributed by atoms with Gasteiger partial charge in [0.1, 0.15) is 11.5 Å². The second-order valence-electron chi connectivity index (χ2n) is 6.52. The lowest BCUT2D eigenvalue weighted by Gasteiger charge is -2.23. The minimum Gasteiger partial charge on any atom is -0.491 e. The molecule has 3 aromatic rings. The number of carbonyl (C=O) groups excluding carboxylic acids is 1. The molecule has 4 nitrogen and oxygen atoms in total. The molecule has 1 amide bonds. The van der Waals surface area contributed by atoms with Crippen LogP contribution in [-0.2, 0) is 13.1 Å². The predicted octanol–water partition coefficient (Wildman–Crippen LogP) is 5.56. The number of furan rings is 1. The van der Waals surface area contributed by atoms with Crippen molar-refractivity contribution >= 4 is 17.5 Å². The average molecular weight is 384 g/mol. The molecule has 27 heavy (non-hydrogen) atoms. The zero-order valence-electron chi connectivity index (χ0n) is 15.4. The first kappa shape index (κ1) is 19.1. The lowest BCUT2D eigenvalue weighted by Crippen LogP contribution is -2.30. The highest BCUT2D eigenvalue weighted by atomic mass is 35.5. The van der Waals surface area contributed by atoms with Gasteiger partial charge in [0.05, 0.1) is 18.9 Å². The Hall–Kier alpha value is -2.72. The van der Waals surface area contributed by atoms with E-state index in [2.05, 4.69) is 0 Å². The summed E-state index contributed by atoms with van der Waals surface area (Å²) in [4.78, 5) is 14.8. The zero-order valence-corrected chi connectivity index (χ0v) is 16.1. The van der Waals surface area contributed by atoms with Crippen LogP contribution in [0.25, 0.3) is 0 Å². The number of amides is 1. The Morgan fingerprint density at radius 3 is 2.41 bits per heavy atom. The molecule has 0 atom stereocenters. The van der Waals surface area contributed by atoms with Crippen molar-refractivity contribution in [3.05, 3.63) is 88.8 Å². The van der Waals surface area contributed by atoms with E-state index in [1.807, 2.05) is 62.4 Å². The summed E-state index contributed by atoms with van der Waals surface area (Å²) in [5, 5.41) is 0.635. The molecule has 0 saturated carbocycles. The van der Waals surface area contributed by atoms with Gasteiger partial charge >= 0.3 is 0 Å². The Balaban J connectivity index is 1.82. The van der Waals surface area contributed by atoms with E-state index in [0.717, 1.165) is 17.1 Å². The molecular weight excluding hydrogens is 362 g/mol. The second-order valence-corrected chi connectivity index (χ2v) is 6.93. The maximum atomic E-state index is 13.1. The van der Waals surface area contributed by atoms with E-state index in [4.69, 9.17) is 20.8 Å². The molecule has 0 N–H and O–H groups in total. The van der Waals surface area contributed by atoms with Crippen LogP contribution in [0.2, 0.25) is 5.02 Å². The van der Waals surface area contributed by atoms with Crippen molar-refractivity contribution in [3.8, 4) is 5.75 Å². The monoisotopic (exact) mass is 383 g/mol. The van der Waals surface area contributed by atoms with Crippen LogP contribution in [0.5, 0.6) is 5.75 Å². The summed E-state index contributed by atoms with van der Waals surface area (Å²) >= 11 is 6.29. The standard InChI is InChI=1S/C22H22ClNO3/c1-16(2)27-19-11-9-17(10-12-19)22(25)24(15-20-7-5-13-26-20)14-18-6-3-4-8-21(18)23/h3-13,16H,14-15H2,1-2H3. The van der Waals surface area contributed by atoms with Crippen LogP contribution < -0.4 is 4.74 Å². The van der Waals surface area contributed by atoms with Gasteiger partial charge in [-0.25, -0.2) is 0 Å². The van der Waals surface area contributed by atoms with Crippen molar-refractivity contribution in [2.45, 2.75) is 33.0 Å². The Morgan fingerprint density at radius 1 is 1.04 bits per heavy atom. The van der Waals surface area contributed by atoms with Gasteiger partial charge in [0.2, 0.25) is 0 Å².